The maximum atomic E-state index is 15.4. The molecule has 3 N–H and O–H groups in total. The summed E-state index contributed by atoms with van der Waals surface area (Å²) in [5.74, 6) is -0.560. The molecule has 13 nitrogen and oxygen atoms in total. The summed E-state index contributed by atoms with van der Waals surface area (Å²) in [6.45, 7) is 5.96. The molecule has 1 unspecified atom stereocenters. The molecule has 5 aromatic rings. The maximum absolute atomic E-state index is 15.4. The predicted octanol–water partition coefficient (Wildman–Crippen LogP) is 4.96. The third-order valence-electron chi connectivity index (χ3n) is 8.94. The molecule has 1 amide bonds. The number of ether oxygens (including phenoxy) is 4. The van der Waals surface area contributed by atoms with Crippen LogP contribution >= 0.6 is 0 Å². The van der Waals surface area contributed by atoms with Crippen LogP contribution in [0, 0.1) is 12.7 Å². The number of hydrogen-bond acceptors (Lipinski definition) is 10. The Morgan fingerprint density at radius 3 is 2.58 bits per heavy atom. The highest BCUT2D eigenvalue weighted by Gasteiger charge is 2.26. The molecule has 0 bridgehead atoms. The Balaban J connectivity index is 1.10. The number of nitrogens with zero attached hydrogens (tertiary/aromatic N) is 4. The molecule has 3 heterocycles. The van der Waals surface area contributed by atoms with Crippen molar-refractivity contribution in [1.82, 2.24) is 19.2 Å². The van der Waals surface area contributed by atoms with Crippen molar-refractivity contribution in [3.63, 3.8) is 0 Å². The van der Waals surface area contributed by atoms with Crippen LogP contribution in [0.25, 0.3) is 16.6 Å². The van der Waals surface area contributed by atoms with Gasteiger partial charge in [-0.3, -0.25) is 28.9 Å². The second-order valence-corrected chi connectivity index (χ2v) is 12.6. The molecule has 0 saturated carbocycles. The number of esters is 1. The Morgan fingerprint density at radius 2 is 1.85 bits per heavy atom. The van der Waals surface area contributed by atoms with Gasteiger partial charge in [-0.2, -0.15) is 0 Å². The molecule has 0 aliphatic carbocycles. The molecule has 0 radical (unpaired) electrons. The van der Waals surface area contributed by atoms with E-state index >= 15 is 4.39 Å². The summed E-state index contributed by atoms with van der Waals surface area (Å²) < 4.78 is 41.5. The molecule has 3 aromatic carbocycles. The fraction of sp³-hybridized carbons (Fsp3) is 0.316. The minimum Gasteiger partial charge on any atom is -0.493 e. The van der Waals surface area contributed by atoms with Crippen LogP contribution < -0.4 is 30.8 Å². The molecule has 0 spiro atoms. The zero-order valence-corrected chi connectivity index (χ0v) is 29.4. The van der Waals surface area contributed by atoms with Gasteiger partial charge in [-0.1, -0.05) is 18.2 Å². The Kier molecular flexibility index (Phi) is 10.9. The number of benzene rings is 3. The van der Waals surface area contributed by atoms with E-state index in [-0.39, 0.29) is 29.1 Å². The summed E-state index contributed by atoms with van der Waals surface area (Å²) in [6, 6.07) is 17.4. The number of carbonyl (C=O) groups excluding carboxylic acids is 2. The van der Waals surface area contributed by atoms with E-state index in [0.29, 0.717) is 52.7 Å². The van der Waals surface area contributed by atoms with Crippen molar-refractivity contribution in [2.24, 2.45) is 12.8 Å². The molecule has 272 valence electrons. The van der Waals surface area contributed by atoms with Crippen LogP contribution in [0.3, 0.4) is 0 Å². The third-order valence-corrected chi connectivity index (χ3v) is 8.94. The van der Waals surface area contributed by atoms with E-state index in [9.17, 15) is 14.4 Å². The molecule has 2 aromatic heterocycles. The first-order valence-electron chi connectivity index (χ1n) is 16.9. The molecule has 52 heavy (non-hydrogen) atoms. The van der Waals surface area contributed by atoms with Crippen molar-refractivity contribution in [3.8, 4) is 28.7 Å². The normalized spacial score (nSPS) is 15.0. The number of rotatable bonds is 13. The van der Waals surface area contributed by atoms with Crippen molar-refractivity contribution < 1.29 is 32.9 Å². The molecule has 1 fully saturated rings. The number of aromatic nitrogens is 3. The van der Waals surface area contributed by atoms with Crippen LogP contribution in [0.15, 0.2) is 77.7 Å². The zero-order chi connectivity index (χ0) is 36.9. The van der Waals surface area contributed by atoms with Crippen LogP contribution in [0.1, 0.15) is 35.8 Å². The van der Waals surface area contributed by atoms with Crippen LogP contribution in [0.2, 0.25) is 0 Å². The minimum absolute atomic E-state index is 0.0463. The predicted molar refractivity (Wildman–Crippen MR) is 193 cm³/mol. The lowest BCUT2D eigenvalue weighted by Crippen LogP contribution is -2.33. The van der Waals surface area contributed by atoms with Crippen molar-refractivity contribution in [1.29, 1.82) is 0 Å². The summed E-state index contributed by atoms with van der Waals surface area (Å²) in [5.41, 5.74) is 6.85. The largest absolute Gasteiger partial charge is 0.493 e. The van der Waals surface area contributed by atoms with Gasteiger partial charge in [0.05, 0.1) is 30.6 Å². The van der Waals surface area contributed by atoms with Crippen LogP contribution in [0.5, 0.6) is 23.0 Å². The summed E-state index contributed by atoms with van der Waals surface area (Å²) in [7, 11) is 3.22. The van der Waals surface area contributed by atoms with E-state index in [2.05, 4.69) is 15.2 Å². The zero-order valence-electron chi connectivity index (χ0n) is 29.4. The van der Waals surface area contributed by atoms with Crippen molar-refractivity contribution in [2.75, 3.05) is 38.7 Å². The Morgan fingerprint density at radius 1 is 1.06 bits per heavy atom. The smallest absolute Gasteiger partial charge is 0.322 e. The highest BCUT2D eigenvalue weighted by Crippen LogP contribution is 2.38. The number of carbonyl (C=O) groups is 2. The van der Waals surface area contributed by atoms with Gasteiger partial charge in [0.15, 0.2) is 23.1 Å². The van der Waals surface area contributed by atoms with E-state index in [1.807, 2.05) is 6.07 Å². The number of nitrogens with one attached hydrogen (secondary N) is 1. The van der Waals surface area contributed by atoms with E-state index in [0.717, 1.165) is 32.0 Å². The first kappa shape index (κ1) is 36.1. The number of pyridine rings is 1. The summed E-state index contributed by atoms with van der Waals surface area (Å²) in [6.07, 6.45) is 2.90. The number of likely N-dealkylation sites (tertiary alicyclic amines) is 1. The average molecular weight is 713 g/mol. The second-order valence-electron chi connectivity index (χ2n) is 12.6. The Labute approximate surface area is 299 Å². The standard InChI is InChI=1S/C38H41FN6O7/c1-23(40)38(48)51-27-14-17-44(22-27)16-8-18-50-34-21-30-28(20-33(34)49-4)31(13-15-41-30)52-32-12-11-25(19-29(32)39)42-36(46)35-24(2)43(3)45(37(35)47)26-9-6-5-7-10-26/h5-7,9-13,15,19-21,23,27H,8,14,16-18,22,40H2,1-4H3,(H,42,46)/t23-,27?/m0/s1. The van der Waals surface area contributed by atoms with Gasteiger partial charge in [-0.05, 0) is 63.1 Å². The van der Waals surface area contributed by atoms with E-state index in [1.165, 1.54) is 23.9 Å². The van der Waals surface area contributed by atoms with Gasteiger partial charge in [0.2, 0.25) is 0 Å². The number of halogens is 1. The molecule has 6 rings (SSSR count). The Bertz CT molecular complexity index is 2150. The number of fused-ring (bicyclic) bond motifs is 1. The summed E-state index contributed by atoms with van der Waals surface area (Å²) in [5, 5.41) is 3.21. The van der Waals surface area contributed by atoms with Gasteiger partial charge in [0, 0.05) is 56.1 Å². The monoisotopic (exact) mass is 712 g/mol. The van der Waals surface area contributed by atoms with Gasteiger partial charge in [0.1, 0.15) is 23.5 Å². The molecule has 1 aliphatic heterocycles. The fourth-order valence-electron chi connectivity index (χ4n) is 6.13. The first-order valence-corrected chi connectivity index (χ1v) is 16.9. The fourth-order valence-corrected chi connectivity index (χ4v) is 6.13. The van der Waals surface area contributed by atoms with E-state index in [1.54, 1.807) is 74.2 Å². The molecule has 14 heteroatoms. The number of amides is 1. The second kappa shape index (κ2) is 15.7. The molecular weight excluding hydrogens is 671 g/mol. The maximum Gasteiger partial charge on any atom is 0.322 e. The lowest BCUT2D eigenvalue weighted by molar-refractivity contribution is -0.149. The SMILES string of the molecule is COc1cc2c(Oc3ccc(NC(=O)c4c(C)n(C)n(-c5ccccc5)c4=O)cc3F)ccnc2cc1OCCCN1CCC(OC(=O)[C@H](C)N)C1. The van der Waals surface area contributed by atoms with Crippen LogP contribution in [0.4, 0.5) is 10.1 Å². The van der Waals surface area contributed by atoms with Crippen LogP contribution in [-0.4, -0.2) is 76.6 Å². The highest BCUT2D eigenvalue weighted by atomic mass is 19.1. The highest BCUT2D eigenvalue weighted by molar-refractivity contribution is 6.05. The molecular formula is C38H41FN6O7. The molecule has 1 aliphatic rings. The third kappa shape index (κ3) is 7.77. The number of methoxy groups -OCH3 is 1. The van der Waals surface area contributed by atoms with Crippen molar-refractivity contribution in [2.45, 2.75) is 38.8 Å². The number of para-hydroxylation sites is 1. The molecule has 1 saturated heterocycles. The first-order chi connectivity index (χ1) is 25.0. The van der Waals surface area contributed by atoms with Crippen molar-refractivity contribution in [3.05, 3.63) is 100 Å². The average Bonchev–Trinajstić information content (AvgIpc) is 3.67. The lowest BCUT2D eigenvalue weighted by Gasteiger charge is -2.18. The number of anilines is 1. The summed E-state index contributed by atoms with van der Waals surface area (Å²) >= 11 is 0. The lowest BCUT2D eigenvalue weighted by atomic mass is 10.1. The van der Waals surface area contributed by atoms with E-state index < -0.39 is 23.3 Å². The van der Waals surface area contributed by atoms with Gasteiger partial charge >= 0.3 is 5.97 Å². The number of hydrogen-bond donors (Lipinski definition) is 2. The summed E-state index contributed by atoms with van der Waals surface area (Å²) in [4.78, 5) is 45.0. The van der Waals surface area contributed by atoms with Gasteiger partial charge in [0.25, 0.3) is 11.5 Å². The van der Waals surface area contributed by atoms with Gasteiger partial charge < -0.3 is 30.0 Å². The van der Waals surface area contributed by atoms with Crippen molar-refractivity contribution >= 4 is 28.5 Å². The number of nitrogens with two attached hydrogens (primary N) is 1. The Hall–Kier alpha value is -5.73. The van der Waals surface area contributed by atoms with E-state index in [4.69, 9.17) is 24.7 Å². The topological polar surface area (TPSA) is 152 Å². The molecule has 2 atom stereocenters. The van der Waals surface area contributed by atoms with Crippen LogP contribution in [-0.2, 0) is 16.6 Å². The van der Waals surface area contributed by atoms with Gasteiger partial charge in [-0.25, -0.2) is 9.07 Å². The quantitative estimate of drug-likeness (QED) is 0.127. The minimum atomic E-state index is -0.724. The van der Waals surface area contributed by atoms with Gasteiger partial charge in [-0.15, -0.1) is 0 Å².